The molecule has 0 heterocycles. The molecule has 0 saturated carbocycles. The van der Waals surface area contributed by atoms with Crippen LogP contribution in [0.2, 0.25) is 0 Å². The van der Waals surface area contributed by atoms with Crippen LogP contribution < -0.4 is 5.32 Å². The molecule has 4 N–H and O–H groups in total. The fourth-order valence-electron chi connectivity index (χ4n) is 0.652. The zero-order chi connectivity index (χ0) is 9.56. The molecule has 0 amide bonds. The van der Waals surface area contributed by atoms with Gasteiger partial charge in [-0.3, -0.25) is 14.9 Å². The highest BCUT2D eigenvalue weighted by atomic mass is 16.4. The van der Waals surface area contributed by atoms with E-state index >= 15 is 0 Å². The number of rotatable bonds is 6. The highest BCUT2D eigenvalue weighted by molar-refractivity contribution is 5.75. The van der Waals surface area contributed by atoms with Gasteiger partial charge in [-0.25, -0.2) is 0 Å². The quantitative estimate of drug-likeness (QED) is 0.393. The van der Waals surface area contributed by atoms with E-state index in [1.165, 1.54) is 0 Å². The molecule has 0 aromatic rings. The molecule has 0 aliphatic heterocycles. The minimum atomic E-state index is -1.16. The van der Waals surface area contributed by atoms with Gasteiger partial charge in [0.1, 0.15) is 6.04 Å². The first kappa shape index (κ1) is 10.9. The van der Waals surface area contributed by atoms with Gasteiger partial charge in [-0.15, -0.1) is 0 Å². The van der Waals surface area contributed by atoms with Crippen molar-refractivity contribution in [3.05, 3.63) is 0 Å². The van der Waals surface area contributed by atoms with Crippen LogP contribution >= 0.6 is 0 Å². The zero-order valence-corrected chi connectivity index (χ0v) is 6.36. The minimum absolute atomic E-state index is 0.00259. The Hall–Kier alpha value is -1.14. The van der Waals surface area contributed by atoms with E-state index in [0.717, 1.165) is 0 Å². The summed E-state index contributed by atoms with van der Waals surface area (Å²) in [6, 6.07) is -0.994. The Morgan fingerprint density at radius 3 is 2.25 bits per heavy atom. The number of aliphatic hydroxyl groups is 1. The Morgan fingerprint density at radius 2 is 1.92 bits per heavy atom. The first-order valence-corrected chi connectivity index (χ1v) is 3.36. The van der Waals surface area contributed by atoms with Gasteiger partial charge in [-0.05, 0) is 6.42 Å². The van der Waals surface area contributed by atoms with Crippen LogP contribution in [0.25, 0.3) is 0 Å². The number of carboxylic acids is 2. The third-order valence-electron chi connectivity index (χ3n) is 1.22. The van der Waals surface area contributed by atoms with Crippen LogP contribution in [-0.4, -0.2) is 46.5 Å². The molecule has 0 fully saturated rings. The third-order valence-corrected chi connectivity index (χ3v) is 1.22. The van der Waals surface area contributed by atoms with Crippen molar-refractivity contribution in [2.24, 2.45) is 0 Å². The summed E-state index contributed by atoms with van der Waals surface area (Å²) in [5.41, 5.74) is 0. The van der Waals surface area contributed by atoms with Gasteiger partial charge in [0.2, 0.25) is 0 Å². The van der Waals surface area contributed by atoms with Crippen LogP contribution in [-0.2, 0) is 9.59 Å². The van der Waals surface area contributed by atoms with E-state index in [-0.39, 0.29) is 13.0 Å². The number of nitrogens with one attached hydrogen (secondary N) is 1. The highest BCUT2D eigenvalue weighted by Crippen LogP contribution is 1.89. The molecule has 0 aromatic carbocycles. The van der Waals surface area contributed by atoms with E-state index < -0.39 is 24.5 Å². The molecule has 6 nitrogen and oxygen atoms in total. The van der Waals surface area contributed by atoms with E-state index in [4.69, 9.17) is 15.3 Å². The second-order valence-corrected chi connectivity index (χ2v) is 2.18. The lowest BCUT2D eigenvalue weighted by Gasteiger charge is -2.10. The second-order valence-electron chi connectivity index (χ2n) is 2.18. The summed E-state index contributed by atoms with van der Waals surface area (Å²) in [4.78, 5) is 20.3. The van der Waals surface area contributed by atoms with Crippen molar-refractivity contribution < 1.29 is 24.9 Å². The summed E-state index contributed by atoms with van der Waals surface area (Å²) >= 11 is 0. The van der Waals surface area contributed by atoms with Crippen molar-refractivity contribution >= 4 is 11.9 Å². The summed E-state index contributed by atoms with van der Waals surface area (Å²) in [7, 11) is 0. The van der Waals surface area contributed by atoms with Crippen LogP contribution in [0.15, 0.2) is 0 Å². The number of aliphatic hydroxyl groups excluding tert-OH is 1. The summed E-state index contributed by atoms with van der Waals surface area (Å²) in [5, 5.41) is 27.3. The van der Waals surface area contributed by atoms with E-state index in [9.17, 15) is 9.59 Å². The first-order chi connectivity index (χ1) is 5.57. The maximum atomic E-state index is 10.3. The molecular formula is C6H11NO5. The fraction of sp³-hybridized carbons (Fsp3) is 0.667. The van der Waals surface area contributed by atoms with E-state index in [2.05, 4.69) is 5.32 Å². The molecule has 0 spiro atoms. The molecule has 0 radical (unpaired) electrons. The maximum absolute atomic E-state index is 10.3. The molecule has 0 aliphatic rings. The van der Waals surface area contributed by atoms with Gasteiger partial charge >= 0.3 is 11.9 Å². The van der Waals surface area contributed by atoms with Crippen LogP contribution in [0.4, 0.5) is 0 Å². The van der Waals surface area contributed by atoms with Gasteiger partial charge in [0.25, 0.3) is 0 Å². The van der Waals surface area contributed by atoms with Crippen molar-refractivity contribution in [2.45, 2.75) is 12.5 Å². The van der Waals surface area contributed by atoms with Gasteiger partial charge in [-0.2, -0.15) is 0 Å². The van der Waals surface area contributed by atoms with Crippen molar-refractivity contribution in [1.29, 1.82) is 0 Å². The third kappa shape index (κ3) is 4.64. The van der Waals surface area contributed by atoms with Crippen LogP contribution in [0.3, 0.4) is 0 Å². The van der Waals surface area contributed by atoms with Gasteiger partial charge in [-0.1, -0.05) is 0 Å². The minimum Gasteiger partial charge on any atom is -0.480 e. The van der Waals surface area contributed by atoms with Crippen molar-refractivity contribution in [3.63, 3.8) is 0 Å². The molecule has 0 saturated heterocycles. The molecule has 0 rings (SSSR count). The zero-order valence-electron chi connectivity index (χ0n) is 6.36. The first-order valence-electron chi connectivity index (χ1n) is 3.36. The van der Waals surface area contributed by atoms with Gasteiger partial charge in [0.15, 0.2) is 0 Å². The molecule has 0 aliphatic carbocycles. The Morgan fingerprint density at radius 1 is 1.33 bits per heavy atom. The molecule has 0 bridgehead atoms. The van der Waals surface area contributed by atoms with Crippen LogP contribution in [0.5, 0.6) is 0 Å². The lowest BCUT2D eigenvalue weighted by Crippen LogP contribution is -2.40. The largest absolute Gasteiger partial charge is 0.480 e. The number of hydrogen-bond acceptors (Lipinski definition) is 4. The standard InChI is InChI=1S/C6H11NO5/c8-2-1-4(6(11)12)7-3-5(9)10/h4,7-8H,1-3H2,(H,9,10)(H,11,12). The SMILES string of the molecule is O=C(O)CNC(CCO)C(=O)O. The normalized spacial score (nSPS) is 12.4. The Kier molecular flexibility index (Phi) is 4.98. The summed E-state index contributed by atoms with van der Waals surface area (Å²) in [5.74, 6) is -2.29. The summed E-state index contributed by atoms with van der Waals surface area (Å²) < 4.78 is 0. The molecule has 1 unspecified atom stereocenters. The lowest BCUT2D eigenvalue weighted by molar-refractivity contribution is -0.140. The lowest BCUT2D eigenvalue weighted by atomic mass is 10.2. The predicted molar refractivity (Wildman–Crippen MR) is 38.8 cm³/mol. The average Bonchev–Trinajstić information content (AvgIpc) is 1.96. The van der Waals surface area contributed by atoms with Crippen molar-refractivity contribution in [1.82, 2.24) is 5.32 Å². The molecule has 6 heteroatoms. The van der Waals surface area contributed by atoms with E-state index in [1.54, 1.807) is 0 Å². The van der Waals surface area contributed by atoms with Crippen molar-refractivity contribution in [2.75, 3.05) is 13.2 Å². The Bertz CT molecular complexity index is 169. The Labute approximate surface area is 68.8 Å². The number of aliphatic carboxylic acids is 2. The smallest absolute Gasteiger partial charge is 0.320 e. The highest BCUT2D eigenvalue weighted by Gasteiger charge is 2.16. The molecular weight excluding hydrogens is 166 g/mol. The second kappa shape index (κ2) is 5.50. The monoisotopic (exact) mass is 177 g/mol. The number of carboxylic acid groups (broad SMARTS) is 2. The summed E-state index contributed by atoms with van der Waals surface area (Å²) in [6.07, 6.45) is 0.00259. The van der Waals surface area contributed by atoms with E-state index in [0.29, 0.717) is 0 Å². The predicted octanol–water partition coefficient (Wildman–Crippen LogP) is -1.50. The van der Waals surface area contributed by atoms with Crippen molar-refractivity contribution in [3.8, 4) is 0 Å². The van der Waals surface area contributed by atoms with Gasteiger partial charge < -0.3 is 15.3 Å². The Balaban J connectivity index is 3.79. The average molecular weight is 177 g/mol. The molecule has 12 heavy (non-hydrogen) atoms. The maximum Gasteiger partial charge on any atom is 0.320 e. The van der Waals surface area contributed by atoms with Gasteiger partial charge in [0, 0.05) is 6.61 Å². The van der Waals surface area contributed by atoms with Crippen LogP contribution in [0, 0.1) is 0 Å². The molecule has 0 aromatic heterocycles. The summed E-state index contributed by atoms with van der Waals surface area (Å²) in [6.45, 7) is -0.708. The number of carbonyl (C=O) groups is 2. The topological polar surface area (TPSA) is 107 Å². The number of hydrogen-bond donors (Lipinski definition) is 4. The fourth-order valence-corrected chi connectivity index (χ4v) is 0.652. The molecule has 1 atom stereocenters. The van der Waals surface area contributed by atoms with E-state index in [1.807, 2.05) is 0 Å². The van der Waals surface area contributed by atoms with Crippen LogP contribution in [0.1, 0.15) is 6.42 Å². The van der Waals surface area contributed by atoms with Gasteiger partial charge in [0.05, 0.1) is 6.54 Å². The molecule has 70 valence electrons.